The van der Waals surface area contributed by atoms with Gasteiger partial charge < -0.3 is 9.47 Å². The number of amides is 2. The molecule has 4 aromatic carbocycles. The van der Waals surface area contributed by atoms with Crippen LogP contribution in [0, 0.1) is 16.0 Å². The molecule has 6 rings (SSSR count). The Morgan fingerprint density at radius 1 is 0.884 bits per heavy atom. The molecule has 0 aliphatic carbocycles. The summed E-state index contributed by atoms with van der Waals surface area (Å²) in [6.45, 7) is 0.0795. The molecule has 11 heteroatoms. The quantitative estimate of drug-likeness (QED) is 0.0944. The third-order valence-corrected chi connectivity index (χ3v) is 7.43. The van der Waals surface area contributed by atoms with Crippen molar-refractivity contribution in [1.29, 1.82) is 0 Å². The van der Waals surface area contributed by atoms with Crippen LogP contribution in [0.1, 0.15) is 27.5 Å². The molecule has 0 radical (unpaired) electrons. The maximum Gasteiger partial charge on any atom is 0.343 e. The van der Waals surface area contributed by atoms with Crippen molar-refractivity contribution in [3.05, 3.63) is 130 Å². The first kappa shape index (κ1) is 27.6. The number of rotatable bonds is 8. The number of esters is 1. The number of non-ortho nitro benzene ring substituents is 1. The van der Waals surface area contributed by atoms with Gasteiger partial charge in [-0.3, -0.25) is 29.4 Å². The number of benzene rings is 4. The van der Waals surface area contributed by atoms with Gasteiger partial charge in [0.2, 0.25) is 5.91 Å². The van der Waals surface area contributed by atoms with Gasteiger partial charge in [0.25, 0.3) is 11.6 Å². The fraction of sp³-hybridized carbons (Fsp3) is 0.156. The van der Waals surface area contributed by atoms with Gasteiger partial charge in [-0.15, -0.1) is 0 Å². The average molecular weight is 580 g/mol. The standard InChI is InChI=1S/C32H25N3O8/c1-41-26-17-22(15-16-25(26)42-32(38)21-11-6-3-7-12-21)28-27-29(43-34(28)23-13-8-14-24(18-23)35(39)40)31(37)33(30(27)36)19-20-9-4-2-5-10-20/h2-18,27-29H,19H2,1H3. The van der Waals surface area contributed by atoms with E-state index in [9.17, 15) is 24.5 Å². The van der Waals surface area contributed by atoms with Gasteiger partial charge in [-0.2, -0.15) is 0 Å². The lowest BCUT2D eigenvalue weighted by atomic mass is 9.90. The van der Waals surface area contributed by atoms with E-state index in [1.807, 2.05) is 30.3 Å². The summed E-state index contributed by atoms with van der Waals surface area (Å²) in [6.07, 6.45) is -1.15. The number of likely N-dealkylation sites (tertiary alicyclic amines) is 1. The summed E-state index contributed by atoms with van der Waals surface area (Å²) >= 11 is 0. The number of fused-ring (bicyclic) bond motifs is 1. The molecule has 43 heavy (non-hydrogen) atoms. The highest BCUT2D eigenvalue weighted by Gasteiger charge is 2.60. The third kappa shape index (κ3) is 5.17. The Bertz CT molecular complexity index is 1710. The highest BCUT2D eigenvalue weighted by molar-refractivity contribution is 6.07. The van der Waals surface area contributed by atoms with Crippen LogP contribution in [0.3, 0.4) is 0 Å². The molecule has 0 N–H and O–H groups in total. The Balaban J connectivity index is 1.38. The molecule has 11 nitrogen and oxygen atoms in total. The van der Waals surface area contributed by atoms with Crippen molar-refractivity contribution in [3.63, 3.8) is 0 Å². The molecule has 2 saturated heterocycles. The molecule has 2 heterocycles. The minimum Gasteiger partial charge on any atom is -0.493 e. The van der Waals surface area contributed by atoms with Crippen LogP contribution >= 0.6 is 0 Å². The van der Waals surface area contributed by atoms with Gasteiger partial charge in [0.05, 0.1) is 35.9 Å². The average Bonchev–Trinajstić information content (AvgIpc) is 3.54. The molecular formula is C32H25N3O8. The number of hydrogen-bond acceptors (Lipinski definition) is 9. The van der Waals surface area contributed by atoms with Crippen molar-refractivity contribution in [1.82, 2.24) is 4.90 Å². The van der Waals surface area contributed by atoms with Crippen LogP contribution in [0.25, 0.3) is 0 Å². The van der Waals surface area contributed by atoms with Crippen molar-refractivity contribution in [2.24, 2.45) is 5.92 Å². The largest absolute Gasteiger partial charge is 0.493 e. The van der Waals surface area contributed by atoms with E-state index >= 15 is 0 Å². The Morgan fingerprint density at radius 2 is 1.60 bits per heavy atom. The van der Waals surface area contributed by atoms with Crippen molar-refractivity contribution in [2.75, 3.05) is 12.2 Å². The molecule has 0 spiro atoms. The molecule has 3 unspecified atom stereocenters. The molecule has 0 saturated carbocycles. The Hall–Kier alpha value is -5.55. The van der Waals surface area contributed by atoms with Gasteiger partial charge in [-0.1, -0.05) is 60.7 Å². The Morgan fingerprint density at radius 3 is 2.30 bits per heavy atom. The first-order chi connectivity index (χ1) is 20.9. The minimum absolute atomic E-state index is 0.0795. The molecule has 2 aliphatic heterocycles. The van der Waals surface area contributed by atoms with Crippen molar-refractivity contribution >= 4 is 29.2 Å². The number of anilines is 1. The summed E-state index contributed by atoms with van der Waals surface area (Å²) in [5.41, 5.74) is 1.76. The second-order valence-corrected chi connectivity index (χ2v) is 10.0. The number of imide groups is 1. The second kappa shape index (κ2) is 11.4. The monoisotopic (exact) mass is 579 g/mol. The number of ether oxygens (including phenoxy) is 2. The van der Waals surface area contributed by atoms with Crippen molar-refractivity contribution in [2.45, 2.75) is 18.7 Å². The number of nitrogens with zero attached hydrogens (tertiary/aromatic N) is 3. The van der Waals surface area contributed by atoms with E-state index in [1.54, 1.807) is 48.5 Å². The zero-order valence-electron chi connectivity index (χ0n) is 22.9. The molecule has 2 amide bonds. The lowest BCUT2D eigenvalue weighted by Gasteiger charge is -2.29. The lowest BCUT2D eigenvalue weighted by molar-refractivity contribution is -0.384. The first-order valence-corrected chi connectivity index (χ1v) is 13.4. The van der Waals surface area contributed by atoms with Crippen LogP contribution in [0.4, 0.5) is 11.4 Å². The van der Waals surface area contributed by atoms with E-state index in [4.69, 9.17) is 14.3 Å². The van der Waals surface area contributed by atoms with Crippen LogP contribution in [0.5, 0.6) is 11.5 Å². The Labute approximate surface area is 245 Å². The maximum absolute atomic E-state index is 13.9. The van der Waals surface area contributed by atoms with Gasteiger partial charge in [-0.25, -0.2) is 9.86 Å². The van der Waals surface area contributed by atoms with Crippen LogP contribution in [0.2, 0.25) is 0 Å². The Kier molecular flexibility index (Phi) is 7.31. The highest BCUT2D eigenvalue weighted by Crippen LogP contribution is 2.48. The number of nitro groups is 1. The van der Waals surface area contributed by atoms with Gasteiger partial charge in [-0.05, 0) is 41.5 Å². The second-order valence-electron chi connectivity index (χ2n) is 10.0. The zero-order valence-corrected chi connectivity index (χ0v) is 22.9. The van der Waals surface area contributed by atoms with Crippen molar-refractivity contribution < 1.29 is 33.6 Å². The van der Waals surface area contributed by atoms with Gasteiger partial charge in [0.1, 0.15) is 5.92 Å². The molecule has 2 aliphatic rings. The van der Waals surface area contributed by atoms with E-state index in [0.717, 1.165) is 5.56 Å². The summed E-state index contributed by atoms with van der Waals surface area (Å²) in [7, 11) is 1.41. The smallest absolute Gasteiger partial charge is 0.343 e. The molecule has 2 fully saturated rings. The number of nitro benzene ring substituents is 1. The number of hydrogen-bond donors (Lipinski definition) is 0. The molecule has 3 atom stereocenters. The normalized spacial score (nSPS) is 19.3. The lowest BCUT2D eigenvalue weighted by Crippen LogP contribution is -2.37. The summed E-state index contributed by atoms with van der Waals surface area (Å²) < 4.78 is 11.1. The number of carbonyl (C=O) groups is 3. The summed E-state index contributed by atoms with van der Waals surface area (Å²) in [6, 6.07) is 27.3. The number of hydroxylamine groups is 1. The SMILES string of the molecule is COc1cc(C2C3C(=O)N(Cc4ccccc4)C(=O)C3ON2c2cccc([N+](=O)[O-])c2)ccc1OC(=O)c1ccccc1. The maximum atomic E-state index is 13.9. The van der Waals surface area contributed by atoms with Crippen LogP contribution in [-0.4, -0.2) is 40.8 Å². The first-order valence-electron chi connectivity index (χ1n) is 13.4. The van der Waals surface area contributed by atoms with E-state index in [-0.39, 0.29) is 23.7 Å². The van der Waals surface area contributed by atoms with Gasteiger partial charge in [0, 0.05) is 12.1 Å². The van der Waals surface area contributed by atoms with E-state index < -0.39 is 40.8 Å². The van der Waals surface area contributed by atoms with Crippen LogP contribution in [-0.2, 0) is 21.0 Å². The van der Waals surface area contributed by atoms with Gasteiger partial charge >= 0.3 is 5.97 Å². The zero-order chi connectivity index (χ0) is 30.1. The van der Waals surface area contributed by atoms with E-state index in [2.05, 4.69) is 0 Å². The molecule has 0 aromatic heterocycles. The van der Waals surface area contributed by atoms with Crippen LogP contribution < -0.4 is 14.5 Å². The summed E-state index contributed by atoms with van der Waals surface area (Å²) in [4.78, 5) is 58.4. The van der Waals surface area contributed by atoms with E-state index in [1.165, 1.54) is 41.3 Å². The topological polar surface area (TPSA) is 129 Å². The summed E-state index contributed by atoms with van der Waals surface area (Å²) in [5, 5.41) is 12.9. The molecule has 216 valence electrons. The van der Waals surface area contributed by atoms with Gasteiger partial charge in [0.15, 0.2) is 17.6 Å². The van der Waals surface area contributed by atoms with E-state index in [0.29, 0.717) is 16.8 Å². The van der Waals surface area contributed by atoms with Crippen LogP contribution in [0.15, 0.2) is 103 Å². The fourth-order valence-corrected chi connectivity index (χ4v) is 5.39. The summed E-state index contributed by atoms with van der Waals surface area (Å²) in [5.74, 6) is -2.12. The predicted molar refractivity (Wildman–Crippen MR) is 153 cm³/mol. The molecule has 0 bridgehead atoms. The van der Waals surface area contributed by atoms with Crippen molar-refractivity contribution in [3.8, 4) is 11.5 Å². The minimum atomic E-state index is -1.15. The predicted octanol–water partition coefficient (Wildman–Crippen LogP) is 4.87. The fourth-order valence-electron chi connectivity index (χ4n) is 5.39. The molecular weight excluding hydrogens is 554 g/mol. The number of methoxy groups -OCH3 is 1. The molecule has 4 aromatic rings. The number of carbonyl (C=O) groups excluding carboxylic acids is 3. The highest BCUT2D eigenvalue weighted by atomic mass is 16.7. The third-order valence-electron chi connectivity index (χ3n) is 7.43.